The molecule has 0 fully saturated rings. The quantitative estimate of drug-likeness (QED) is 0.864. The monoisotopic (exact) mass is 222 g/mol. The van der Waals surface area contributed by atoms with Crippen LogP contribution in [0, 0.1) is 0 Å². The van der Waals surface area contributed by atoms with Gasteiger partial charge in [0.15, 0.2) is 5.76 Å². The maximum Gasteiger partial charge on any atom is 0.177 e. The van der Waals surface area contributed by atoms with E-state index in [0.717, 1.165) is 29.3 Å². The topological polar surface area (TPSA) is 38.1 Å². The third kappa shape index (κ3) is 2.27. The molecular formula is C11H14N2OS. The van der Waals surface area contributed by atoms with Crippen LogP contribution in [-0.2, 0) is 13.0 Å². The Labute approximate surface area is 93.1 Å². The third-order valence-electron chi connectivity index (χ3n) is 2.17. The second-order valence-corrected chi connectivity index (χ2v) is 4.50. The summed E-state index contributed by atoms with van der Waals surface area (Å²) in [6.45, 7) is 2.90. The van der Waals surface area contributed by atoms with Crippen LogP contribution in [0.15, 0.2) is 22.7 Å². The Hall–Kier alpha value is -1.13. The number of hydrogen-bond donors (Lipinski definition) is 1. The zero-order chi connectivity index (χ0) is 10.7. The molecule has 2 aromatic heterocycles. The van der Waals surface area contributed by atoms with E-state index in [4.69, 9.17) is 4.52 Å². The Kier molecular flexibility index (Phi) is 3.18. The molecule has 0 radical (unpaired) electrons. The van der Waals surface area contributed by atoms with Crippen molar-refractivity contribution in [3.63, 3.8) is 0 Å². The number of nitrogens with one attached hydrogen (secondary N) is 1. The van der Waals surface area contributed by atoms with Crippen LogP contribution in [0.2, 0.25) is 0 Å². The van der Waals surface area contributed by atoms with Crippen molar-refractivity contribution in [2.24, 2.45) is 0 Å². The zero-order valence-corrected chi connectivity index (χ0v) is 9.73. The number of aromatic nitrogens is 1. The highest BCUT2D eigenvalue weighted by atomic mass is 32.1. The van der Waals surface area contributed by atoms with Gasteiger partial charge in [0.1, 0.15) is 0 Å². The number of hydrogen-bond acceptors (Lipinski definition) is 4. The lowest BCUT2D eigenvalue weighted by atomic mass is 10.3. The summed E-state index contributed by atoms with van der Waals surface area (Å²) in [5.41, 5.74) is 0.943. The fraction of sp³-hybridized carbons (Fsp3) is 0.364. The van der Waals surface area contributed by atoms with Gasteiger partial charge in [-0.1, -0.05) is 12.1 Å². The van der Waals surface area contributed by atoms with E-state index in [0.29, 0.717) is 0 Å². The number of aryl methyl sites for hydroxylation is 1. The lowest BCUT2D eigenvalue weighted by Gasteiger charge is -1.88. The van der Waals surface area contributed by atoms with Gasteiger partial charge in [-0.2, -0.15) is 0 Å². The second-order valence-electron chi connectivity index (χ2n) is 3.33. The summed E-state index contributed by atoms with van der Waals surface area (Å²) in [7, 11) is 1.90. The van der Waals surface area contributed by atoms with Gasteiger partial charge in [-0.05, 0) is 25.6 Å². The van der Waals surface area contributed by atoms with Gasteiger partial charge in [0, 0.05) is 17.5 Å². The summed E-state index contributed by atoms with van der Waals surface area (Å²) in [6, 6.07) is 6.22. The molecule has 0 spiro atoms. The van der Waals surface area contributed by atoms with Crippen molar-refractivity contribution in [2.45, 2.75) is 19.9 Å². The maximum absolute atomic E-state index is 5.28. The summed E-state index contributed by atoms with van der Waals surface area (Å²) in [6.07, 6.45) is 1.07. The molecule has 2 rings (SSSR count). The van der Waals surface area contributed by atoms with Crippen molar-refractivity contribution in [3.8, 4) is 10.6 Å². The Morgan fingerprint density at radius 3 is 3.00 bits per heavy atom. The van der Waals surface area contributed by atoms with Crippen LogP contribution in [-0.4, -0.2) is 12.2 Å². The molecule has 1 N–H and O–H groups in total. The van der Waals surface area contributed by atoms with Gasteiger partial charge in [-0.15, -0.1) is 11.3 Å². The molecule has 0 amide bonds. The highest BCUT2D eigenvalue weighted by Gasteiger charge is 2.08. The molecule has 3 nitrogen and oxygen atoms in total. The lowest BCUT2D eigenvalue weighted by molar-refractivity contribution is 0.422. The maximum atomic E-state index is 5.28. The molecule has 0 unspecified atom stereocenters. The largest absolute Gasteiger partial charge is 0.355 e. The van der Waals surface area contributed by atoms with Crippen molar-refractivity contribution >= 4 is 11.3 Å². The molecule has 2 heterocycles. The van der Waals surface area contributed by atoms with Crippen LogP contribution in [0.3, 0.4) is 0 Å². The van der Waals surface area contributed by atoms with Crippen molar-refractivity contribution in [3.05, 3.63) is 28.8 Å². The normalized spacial score (nSPS) is 10.8. The molecule has 15 heavy (non-hydrogen) atoms. The lowest BCUT2D eigenvalue weighted by Crippen LogP contribution is -2.04. The summed E-state index contributed by atoms with van der Waals surface area (Å²) in [5, 5.41) is 7.03. The first-order valence-electron chi connectivity index (χ1n) is 5.02. The molecule has 0 bridgehead atoms. The highest BCUT2D eigenvalue weighted by Crippen LogP contribution is 2.28. The van der Waals surface area contributed by atoms with Gasteiger partial charge in [0.25, 0.3) is 0 Å². The van der Waals surface area contributed by atoms with Crippen molar-refractivity contribution in [1.29, 1.82) is 0 Å². The van der Waals surface area contributed by atoms with Crippen LogP contribution in [0.25, 0.3) is 10.6 Å². The summed E-state index contributed by atoms with van der Waals surface area (Å²) < 4.78 is 5.28. The standard InChI is InChI=1S/C11H14N2OS/c1-3-9-4-5-11(15-9)10-6-8(7-12-2)13-14-10/h4-6,12H,3,7H2,1-2H3. The molecule has 0 saturated heterocycles. The zero-order valence-electron chi connectivity index (χ0n) is 8.91. The van der Waals surface area contributed by atoms with Crippen LogP contribution in [0.5, 0.6) is 0 Å². The van der Waals surface area contributed by atoms with E-state index >= 15 is 0 Å². The van der Waals surface area contributed by atoms with E-state index in [1.54, 1.807) is 11.3 Å². The van der Waals surface area contributed by atoms with Gasteiger partial charge in [-0.3, -0.25) is 0 Å². The van der Waals surface area contributed by atoms with E-state index in [1.165, 1.54) is 4.88 Å². The molecule has 0 aliphatic rings. The second kappa shape index (κ2) is 4.59. The fourth-order valence-electron chi connectivity index (χ4n) is 1.39. The number of thiophene rings is 1. The predicted molar refractivity (Wildman–Crippen MR) is 62.0 cm³/mol. The minimum atomic E-state index is 0.746. The summed E-state index contributed by atoms with van der Waals surface area (Å²) in [5.74, 6) is 0.866. The molecule has 0 aliphatic carbocycles. The van der Waals surface area contributed by atoms with Gasteiger partial charge in [0.2, 0.25) is 0 Å². The summed E-state index contributed by atoms with van der Waals surface area (Å²) >= 11 is 1.76. The smallest absolute Gasteiger partial charge is 0.177 e. The minimum absolute atomic E-state index is 0.746. The molecule has 0 aromatic carbocycles. The van der Waals surface area contributed by atoms with Crippen molar-refractivity contribution in [2.75, 3.05) is 7.05 Å². The van der Waals surface area contributed by atoms with Crippen LogP contribution >= 0.6 is 11.3 Å². The van der Waals surface area contributed by atoms with Gasteiger partial charge >= 0.3 is 0 Å². The molecule has 0 atom stereocenters. The Morgan fingerprint density at radius 1 is 1.47 bits per heavy atom. The molecule has 4 heteroatoms. The first-order valence-corrected chi connectivity index (χ1v) is 5.84. The van der Waals surface area contributed by atoms with Crippen LogP contribution < -0.4 is 5.32 Å². The average Bonchev–Trinajstić information content (AvgIpc) is 2.85. The SMILES string of the molecule is CCc1ccc(-c2cc(CNC)no2)s1. The van der Waals surface area contributed by atoms with E-state index in [2.05, 4.69) is 29.5 Å². The highest BCUT2D eigenvalue weighted by molar-refractivity contribution is 7.15. The van der Waals surface area contributed by atoms with Gasteiger partial charge in [0.05, 0.1) is 10.6 Å². The average molecular weight is 222 g/mol. The number of rotatable bonds is 4. The Morgan fingerprint density at radius 2 is 2.33 bits per heavy atom. The van der Waals surface area contributed by atoms with Crippen LogP contribution in [0.1, 0.15) is 17.5 Å². The minimum Gasteiger partial charge on any atom is -0.355 e. The number of nitrogens with zero attached hydrogens (tertiary/aromatic N) is 1. The third-order valence-corrected chi connectivity index (χ3v) is 3.41. The molecule has 0 saturated carbocycles. The molecule has 2 aromatic rings. The van der Waals surface area contributed by atoms with Gasteiger partial charge < -0.3 is 9.84 Å². The summed E-state index contributed by atoms with van der Waals surface area (Å²) in [4.78, 5) is 2.53. The molecule has 80 valence electrons. The van der Waals surface area contributed by atoms with Crippen LogP contribution in [0.4, 0.5) is 0 Å². The predicted octanol–water partition coefficient (Wildman–Crippen LogP) is 2.68. The fourth-order valence-corrected chi connectivity index (χ4v) is 2.29. The van der Waals surface area contributed by atoms with E-state index in [-0.39, 0.29) is 0 Å². The van der Waals surface area contributed by atoms with E-state index in [9.17, 15) is 0 Å². The van der Waals surface area contributed by atoms with Gasteiger partial charge in [-0.25, -0.2) is 0 Å². The molecular weight excluding hydrogens is 208 g/mol. The first-order chi connectivity index (χ1) is 7.33. The van der Waals surface area contributed by atoms with Crippen molar-refractivity contribution < 1.29 is 4.52 Å². The van der Waals surface area contributed by atoms with E-state index in [1.807, 2.05) is 13.1 Å². The van der Waals surface area contributed by atoms with E-state index < -0.39 is 0 Å². The Balaban J connectivity index is 2.21. The molecule has 0 aliphatic heterocycles. The first kappa shape index (κ1) is 10.4. The van der Waals surface area contributed by atoms with Crippen molar-refractivity contribution in [1.82, 2.24) is 10.5 Å². The Bertz CT molecular complexity index is 433.